The van der Waals surface area contributed by atoms with Crippen LogP contribution >= 0.6 is 0 Å². The Morgan fingerprint density at radius 1 is 1.00 bits per heavy atom. The summed E-state index contributed by atoms with van der Waals surface area (Å²) in [5, 5.41) is 0. The molecule has 13 heavy (non-hydrogen) atoms. The van der Waals surface area contributed by atoms with E-state index in [-0.39, 0.29) is 0 Å². The molecule has 0 radical (unpaired) electrons. The third-order valence-electron chi connectivity index (χ3n) is 0.172. The molecule has 3 N–H and O–H groups in total. The van der Waals surface area contributed by atoms with Gasteiger partial charge in [-0.3, -0.25) is 0 Å². The first-order chi connectivity index (χ1) is 5.44. The number of halogens is 1. The van der Waals surface area contributed by atoms with E-state index in [1.54, 1.807) is 0 Å². The molecule has 0 aliphatic heterocycles. The fraction of sp³-hybridized carbons (Fsp3) is 0. The van der Waals surface area contributed by atoms with E-state index in [2.05, 4.69) is 2.84 Å². The van der Waals surface area contributed by atoms with Gasteiger partial charge in [0, 0.05) is 0 Å². The van der Waals surface area contributed by atoms with E-state index in [0.717, 1.165) is 0 Å². The van der Waals surface area contributed by atoms with E-state index >= 15 is 0 Å². The van der Waals surface area contributed by atoms with Gasteiger partial charge in [-0.05, 0) is 4.20 Å². The summed E-state index contributed by atoms with van der Waals surface area (Å²) in [5.41, 5.74) is 0. The first-order valence-electron chi connectivity index (χ1n) is 1.84. The van der Waals surface area contributed by atoms with Crippen molar-refractivity contribution in [2.45, 2.75) is 0 Å². The van der Waals surface area contributed by atoms with Crippen molar-refractivity contribution in [2.75, 3.05) is 0 Å². The molecule has 0 unspecified atom stereocenters. The van der Waals surface area contributed by atoms with E-state index < -0.39 is 42.0 Å². The molecule has 0 spiro atoms. The van der Waals surface area contributed by atoms with Crippen molar-refractivity contribution in [1.82, 2.24) is 0 Å². The Balaban J connectivity index is 0. The zero-order valence-corrected chi connectivity index (χ0v) is 9.53. The van der Waals surface area contributed by atoms with Gasteiger partial charge in [0.1, 0.15) is 0 Å². The van der Waals surface area contributed by atoms with Crippen LogP contribution in [0.1, 0.15) is 0 Å². The van der Waals surface area contributed by atoms with Crippen LogP contribution in [0.2, 0.25) is 0 Å². The SMILES string of the molecule is [O-][Br+2]([O-])O.[O]=[Cr](=[O])([OH])[O][Cr](=[O])(=[O])[OH]. The van der Waals surface area contributed by atoms with Gasteiger partial charge in [-0.2, -0.15) is 0 Å². The number of hydrogen-bond acceptors (Lipinski definition) is 8. The zero-order chi connectivity index (χ0) is 11.3. The molecule has 0 saturated heterocycles. The van der Waals surface area contributed by atoms with Crippen LogP contribution in [0.4, 0.5) is 0 Å². The third-order valence-corrected chi connectivity index (χ3v) is 2.92. The van der Waals surface area contributed by atoms with Gasteiger partial charge in [-0.15, -0.1) is 0 Å². The molecule has 0 aromatic rings. The zero-order valence-electron chi connectivity index (χ0n) is 5.39. The van der Waals surface area contributed by atoms with E-state index in [1.165, 1.54) is 0 Å². The molecule has 0 saturated carbocycles. The van der Waals surface area contributed by atoms with E-state index in [0.29, 0.717) is 0 Å². The molecule has 0 amide bonds. The summed E-state index contributed by atoms with van der Waals surface area (Å²) in [7, 11) is 0. The average molecular weight is 347 g/mol. The predicted octanol–water partition coefficient (Wildman–Crippen LogP) is -4.60. The molecule has 0 atom stereocenters. The number of rotatable bonds is 2. The molecule has 82 valence electrons. The first-order valence-corrected chi connectivity index (χ1v) is 8.11. The Kier molecular flexibility index (Phi) is 7.46. The standard InChI is InChI=1S/BrHO3.2Cr.2H2O.5O/c2-1(3)4;;;;;;;;;/h2H;;;2*1H2;;;;;/q;2*+1;;;;;;;/p-2. The van der Waals surface area contributed by atoms with Crippen molar-refractivity contribution < 1.29 is 81.0 Å². The van der Waals surface area contributed by atoms with Gasteiger partial charge in [0.15, 0.2) is 0 Å². The van der Waals surface area contributed by atoms with Gasteiger partial charge < -0.3 is 8.40 Å². The van der Waals surface area contributed by atoms with Gasteiger partial charge in [-0.1, -0.05) is 0 Å². The van der Waals surface area contributed by atoms with Gasteiger partial charge in [0.2, 0.25) is 0 Å². The van der Waals surface area contributed by atoms with Crippen LogP contribution in [-0.4, -0.2) is 12.5 Å². The first kappa shape index (κ1) is 16.0. The minimum absolute atomic E-state index is 2.83. The van der Waals surface area contributed by atoms with Crippen molar-refractivity contribution in [3.63, 3.8) is 0 Å². The van der Waals surface area contributed by atoms with Crippen LogP contribution in [0.3, 0.4) is 0 Å². The van der Waals surface area contributed by atoms with Gasteiger partial charge in [-0.25, -0.2) is 0 Å². The third kappa shape index (κ3) is 32.6. The molecule has 10 nitrogen and oxygen atoms in total. The second kappa shape index (κ2) is 6.08. The van der Waals surface area contributed by atoms with Gasteiger partial charge in [0.05, 0.1) is 0 Å². The van der Waals surface area contributed by atoms with Crippen molar-refractivity contribution in [2.24, 2.45) is 0 Å². The average Bonchev–Trinajstić information content (AvgIpc) is 1.47. The van der Waals surface area contributed by atoms with E-state index in [4.69, 9.17) is 20.9 Å². The summed E-state index contributed by atoms with van der Waals surface area (Å²) in [5.74, 6) is 0. The molecular formula is H3BrCr2O10. The van der Waals surface area contributed by atoms with Crippen molar-refractivity contribution in [3.8, 4) is 0 Å². The van der Waals surface area contributed by atoms with Crippen molar-refractivity contribution in [3.05, 3.63) is 0 Å². The maximum absolute atomic E-state index is 9.53. The molecule has 0 aromatic heterocycles. The topological polar surface area (TPSA) is 184 Å². The Hall–Kier alpha value is 0.505. The summed E-state index contributed by atoms with van der Waals surface area (Å²) in [6.07, 6.45) is 0. The van der Waals surface area contributed by atoms with Crippen LogP contribution < -0.4 is 8.40 Å². The Morgan fingerprint density at radius 3 is 1.15 bits per heavy atom. The molecule has 0 rings (SSSR count). The minimum atomic E-state index is -5.76. The molecule has 0 aromatic carbocycles. The molecule has 13 heteroatoms. The predicted molar refractivity (Wildman–Crippen MR) is 10.5 cm³/mol. The monoisotopic (exact) mass is 346 g/mol. The summed E-state index contributed by atoms with van der Waals surface area (Å²) in [6, 6.07) is 0. The molecule has 0 bridgehead atoms. The summed E-state index contributed by atoms with van der Waals surface area (Å²) < 4.78 is 80.6. The van der Waals surface area contributed by atoms with E-state index in [9.17, 15) is 15.2 Å². The Morgan fingerprint density at radius 2 is 1.15 bits per heavy atom. The van der Waals surface area contributed by atoms with Crippen LogP contribution in [-0.2, 0) is 45.3 Å². The van der Waals surface area contributed by atoms with Crippen LogP contribution in [0.15, 0.2) is 0 Å². The maximum atomic E-state index is 9.53. The van der Waals surface area contributed by atoms with Crippen LogP contribution in [0.5, 0.6) is 0 Å². The van der Waals surface area contributed by atoms with Gasteiger partial charge >= 0.3 is 68.4 Å². The summed E-state index contributed by atoms with van der Waals surface area (Å²) in [4.78, 5) is 0. The Bertz CT molecular complexity index is 272. The number of hydrogen-bond donors (Lipinski definition) is 3. The second-order valence-corrected chi connectivity index (χ2v) is 5.73. The summed E-state index contributed by atoms with van der Waals surface area (Å²) in [6.45, 7) is 0. The fourth-order valence-electron chi connectivity index (χ4n) is 0.109. The van der Waals surface area contributed by atoms with Gasteiger partial charge in [0.25, 0.3) is 0 Å². The Labute approximate surface area is 81.0 Å². The van der Waals surface area contributed by atoms with E-state index in [1.807, 2.05) is 0 Å². The molecule has 0 aliphatic rings. The fourth-order valence-corrected chi connectivity index (χ4v) is 1.85. The second-order valence-electron chi connectivity index (χ2n) is 1.12. The molecular weight excluding hydrogens is 344 g/mol. The van der Waals surface area contributed by atoms with Crippen LogP contribution in [0, 0.1) is 14.8 Å². The molecule has 0 heterocycles. The quantitative estimate of drug-likeness (QED) is 0.439. The summed E-state index contributed by atoms with van der Waals surface area (Å²) >= 11 is -14.9. The van der Waals surface area contributed by atoms with Crippen molar-refractivity contribution in [1.29, 1.82) is 0 Å². The normalized spacial score (nSPS) is 12.2. The molecule has 0 fully saturated rings. The van der Waals surface area contributed by atoms with Crippen molar-refractivity contribution >= 4 is 0 Å². The van der Waals surface area contributed by atoms with Crippen LogP contribution in [0.25, 0.3) is 0 Å². The molecule has 0 aliphatic carbocycles.